The number of carbonyl (C=O) groups is 1. The zero-order valence-electron chi connectivity index (χ0n) is 9.87. The van der Waals surface area contributed by atoms with Crippen LogP contribution < -0.4 is 5.32 Å². The van der Waals surface area contributed by atoms with Crippen LogP contribution >= 0.6 is 17.0 Å². The number of rotatable bonds is 1. The van der Waals surface area contributed by atoms with Crippen molar-refractivity contribution in [1.29, 1.82) is 0 Å². The molecule has 1 amide bonds. The molecule has 2 aliphatic heterocycles. The molecule has 1 unspecified atom stereocenters. The molecular weight excluding hydrogens is 268 g/mol. The first-order valence-electron chi connectivity index (χ1n) is 5.98. The Morgan fingerprint density at radius 2 is 2.25 bits per heavy atom. The minimum Gasteiger partial charge on any atom is -0.319 e. The fraction of sp³-hybridized carbons (Fsp3) is 0.750. The second-order valence-electron chi connectivity index (χ2n) is 4.52. The summed E-state index contributed by atoms with van der Waals surface area (Å²) in [5.74, 6) is 0.169. The highest BCUT2D eigenvalue weighted by atomic mass is 79.9. The molecule has 3 nitrogen and oxygen atoms in total. The maximum absolute atomic E-state index is 11.3. The normalized spacial score (nSPS) is 25.7. The third-order valence-electron chi connectivity index (χ3n) is 3.35. The van der Waals surface area contributed by atoms with Gasteiger partial charge in [-0.25, -0.2) is 0 Å². The Labute approximate surface area is 108 Å². The van der Waals surface area contributed by atoms with E-state index < -0.39 is 0 Å². The van der Waals surface area contributed by atoms with Gasteiger partial charge < -0.3 is 10.2 Å². The van der Waals surface area contributed by atoms with Gasteiger partial charge in [0, 0.05) is 25.7 Å². The number of piperidine rings is 1. The van der Waals surface area contributed by atoms with Crippen LogP contribution in [-0.4, -0.2) is 29.9 Å². The number of hydrogen-bond donors (Lipinski definition) is 1. The van der Waals surface area contributed by atoms with E-state index in [2.05, 4.69) is 11.5 Å². The predicted octanol–water partition coefficient (Wildman–Crippen LogP) is 2.23. The van der Waals surface area contributed by atoms with Gasteiger partial charge in [-0.15, -0.1) is 17.0 Å². The quantitative estimate of drug-likeness (QED) is 0.803. The summed E-state index contributed by atoms with van der Waals surface area (Å²) >= 11 is 0. The van der Waals surface area contributed by atoms with Gasteiger partial charge in [-0.1, -0.05) is 6.42 Å². The molecule has 0 aromatic rings. The van der Waals surface area contributed by atoms with Crippen molar-refractivity contribution in [2.45, 2.75) is 45.1 Å². The van der Waals surface area contributed by atoms with Crippen LogP contribution in [0.2, 0.25) is 0 Å². The van der Waals surface area contributed by atoms with E-state index in [0.29, 0.717) is 6.04 Å². The number of hydrogen-bond acceptors (Lipinski definition) is 2. The van der Waals surface area contributed by atoms with Gasteiger partial charge in [0.15, 0.2) is 0 Å². The molecule has 0 spiro atoms. The molecule has 92 valence electrons. The highest BCUT2D eigenvalue weighted by Gasteiger charge is 2.21. The fourth-order valence-corrected chi connectivity index (χ4v) is 2.46. The van der Waals surface area contributed by atoms with Crippen molar-refractivity contribution in [3.8, 4) is 0 Å². The molecule has 4 heteroatoms. The summed E-state index contributed by atoms with van der Waals surface area (Å²) in [5, 5.41) is 3.54. The second kappa shape index (κ2) is 6.40. The van der Waals surface area contributed by atoms with E-state index in [0.717, 1.165) is 25.9 Å². The lowest BCUT2D eigenvalue weighted by Crippen LogP contribution is -2.38. The largest absolute Gasteiger partial charge is 0.319 e. The Morgan fingerprint density at radius 1 is 1.44 bits per heavy atom. The number of carbonyl (C=O) groups excluding carboxylic acids is 1. The summed E-state index contributed by atoms with van der Waals surface area (Å²) < 4.78 is 0. The number of amides is 1. The smallest absolute Gasteiger partial charge is 0.223 e. The minimum absolute atomic E-state index is 0. The van der Waals surface area contributed by atoms with Gasteiger partial charge in [0.25, 0.3) is 0 Å². The molecular formula is C12H21BrN2O. The van der Waals surface area contributed by atoms with Crippen LogP contribution in [0.25, 0.3) is 0 Å². The molecule has 0 aliphatic carbocycles. The van der Waals surface area contributed by atoms with E-state index in [1.807, 2.05) is 4.90 Å². The van der Waals surface area contributed by atoms with Gasteiger partial charge in [-0.3, -0.25) is 4.79 Å². The van der Waals surface area contributed by atoms with E-state index in [1.54, 1.807) is 6.92 Å². The van der Waals surface area contributed by atoms with Crippen LogP contribution in [0.4, 0.5) is 0 Å². The van der Waals surface area contributed by atoms with Crippen LogP contribution in [-0.2, 0) is 4.79 Å². The number of nitrogens with zero attached hydrogens (tertiary/aromatic N) is 1. The molecule has 0 saturated carbocycles. The van der Waals surface area contributed by atoms with E-state index in [1.165, 1.54) is 24.8 Å². The average Bonchev–Trinajstić information content (AvgIpc) is 2.30. The Kier molecular flexibility index (Phi) is 5.49. The average molecular weight is 289 g/mol. The highest BCUT2D eigenvalue weighted by molar-refractivity contribution is 8.93. The molecule has 2 aliphatic rings. The molecule has 16 heavy (non-hydrogen) atoms. The van der Waals surface area contributed by atoms with Crippen molar-refractivity contribution >= 4 is 22.9 Å². The molecule has 1 N–H and O–H groups in total. The summed E-state index contributed by atoms with van der Waals surface area (Å²) in [7, 11) is 0. The molecule has 2 rings (SSSR count). The summed E-state index contributed by atoms with van der Waals surface area (Å²) in [4.78, 5) is 13.1. The Morgan fingerprint density at radius 3 is 2.88 bits per heavy atom. The molecule has 0 radical (unpaired) electrons. The predicted molar refractivity (Wildman–Crippen MR) is 70.7 cm³/mol. The molecule has 0 aromatic carbocycles. The van der Waals surface area contributed by atoms with Gasteiger partial charge in [-0.2, -0.15) is 0 Å². The van der Waals surface area contributed by atoms with Gasteiger partial charge in [-0.05, 0) is 37.8 Å². The third kappa shape index (κ3) is 3.32. The van der Waals surface area contributed by atoms with Crippen LogP contribution in [0.15, 0.2) is 11.8 Å². The minimum atomic E-state index is 0. The Bertz CT molecular complexity index is 272. The van der Waals surface area contributed by atoms with Gasteiger partial charge in [0.2, 0.25) is 5.91 Å². The number of halogens is 1. The first-order chi connectivity index (χ1) is 7.27. The first-order valence-corrected chi connectivity index (χ1v) is 5.98. The highest BCUT2D eigenvalue weighted by Crippen LogP contribution is 2.23. The lowest BCUT2D eigenvalue weighted by molar-refractivity contribution is -0.126. The Balaban J connectivity index is 0.00000128. The molecule has 0 aromatic heterocycles. The zero-order valence-corrected chi connectivity index (χ0v) is 11.6. The molecule has 1 fully saturated rings. The molecule has 0 bridgehead atoms. The van der Waals surface area contributed by atoms with E-state index in [4.69, 9.17) is 0 Å². The van der Waals surface area contributed by atoms with Crippen LogP contribution in [0.5, 0.6) is 0 Å². The van der Waals surface area contributed by atoms with Crippen LogP contribution in [0, 0.1) is 0 Å². The van der Waals surface area contributed by atoms with E-state index >= 15 is 0 Å². The van der Waals surface area contributed by atoms with Crippen molar-refractivity contribution in [2.24, 2.45) is 0 Å². The van der Waals surface area contributed by atoms with Crippen LogP contribution in [0.3, 0.4) is 0 Å². The third-order valence-corrected chi connectivity index (χ3v) is 3.35. The standard InChI is InChI=1S/C12H20N2O.BrH/c1-10(15)14-8-4-5-11(9-14)12-6-2-3-7-13-12;/h9,12-13H,2-8H2,1H3;1H. The monoisotopic (exact) mass is 288 g/mol. The summed E-state index contributed by atoms with van der Waals surface area (Å²) in [5.41, 5.74) is 1.43. The first kappa shape index (κ1) is 13.7. The van der Waals surface area contributed by atoms with Crippen LogP contribution in [0.1, 0.15) is 39.0 Å². The van der Waals surface area contributed by atoms with Gasteiger partial charge in [0.1, 0.15) is 0 Å². The van der Waals surface area contributed by atoms with Crippen molar-refractivity contribution in [2.75, 3.05) is 13.1 Å². The summed E-state index contributed by atoms with van der Waals surface area (Å²) in [6.07, 6.45) is 8.19. The van der Waals surface area contributed by atoms with Gasteiger partial charge >= 0.3 is 0 Å². The molecule has 1 atom stereocenters. The summed E-state index contributed by atoms with van der Waals surface area (Å²) in [6, 6.07) is 0.529. The van der Waals surface area contributed by atoms with Crippen molar-refractivity contribution in [3.05, 3.63) is 11.8 Å². The zero-order chi connectivity index (χ0) is 10.7. The maximum atomic E-state index is 11.3. The number of nitrogens with one attached hydrogen (secondary N) is 1. The van der Waals surface area contributed by atoms with E-state index in [-0.39, 0.29) is 22.9 Å². The van der Waals surface area contributed by atoms with Crippen molar-refractivity contribution in [1.82, 2.24) is 10.2 Å². The van der Waals surface area contributed by atoms with Gasteiger partial charge in [0.05, 0.1) is 0 Å². The lowest BCUT2D eigenvalue weighted by atomic mass is 9.93. The fourth-order valence-electron chi connectivity index (χ4n) is 2.46. The SMILES string of the molecule is Br.CC(=O)N1C=C(C2CCCCN2)CCC1. The second-order valence-corrected chi connectivity index (χ2v) is 4.52. The topological polar surface area (TPSA) is 32.3 Å². The van der Waals surface area contributed by atoms with Crippen molar-refractivity contribution < 1.29 is 4.79 Å². The maximum Gasteiger partial charge on any atom is 0.223 e. The molecule has 1 saturated heterocycles. The molecule has 2 heterocycles. The summed E-state index contributed by atoms with van der Waals surface area (Å²) in [6.45, 7) is 3.67. The lowest BCUT2D eigenvalue weighted by Gasteiger charge is -2.31. The van der Waals surface area contributed by atoms with Crippen molar-refractivity contribution in [3.63, 3.8) is 0 Å². The Hall–Kier alpha value is -0.350. The van der Waals surface area contributed by atoms with E-state index in [9.17, 15) is 4.79 Å².